The second-order valence-corrected chi connectivity index (χ2v) is 6.03. The number of ether oxygens (including phenoxy) is 1. The van der Waals surface area contributed by atoms with Crippen LogP contribution in [0, 0.1) is 0 Å². The van der Waals surface area contributed by atoms with Gasteiger partial charge in [-0.1, -0.05) is 29.3 Å². The Morgan fingerprint density at radius 1 is 1.37 bits per heavy atom. The van der Waals surface area contributed by atoms with Crippen LogP contribution in [0.1, 0.15) is 30.0 Å². The minimum Gasteiger partial charge on any atom is -0.377 e. The summed E-state index contributed by atoms with van der Waals surface area (Å²) < 4.78 is 5.72. The van der Waals surface area contributed by atoms with Gasteiger partial charge in [-0.2, -0.15) is 0 Å². The Bertz CT molecular complexity index is 475. The second kappa shape index (κ2) is 5.58. The Balaban J connectivity index is 1.83. The monoisotopic (exact) mass is 300 g/mol. The van der Waals surface area contributed by atoms with Crippen LogP contribution in [0.5, 0.6) is 0 Å². The molecule has 5 heteroatoms. The number of benzene rings is 1. The molecule has 2 atom stereocenters. The molecule has 0 radical (unpaired) electrons. The maximum Gasteiger partial charge on any atom is 0.0703 e. The quantitative estimate of drug-likeness (QED) is 0.933. The smallest absolute Gasteiger partial charge is 0.0703 e. The predicted octanol–water partition coefficient (Wildman–Crippen LogP) is 2.99. The summed E-state index contributed by atoms with van der Waals surface area (Å²) in [6.07, 6.45) is 2.63. The highest BCUT2D eigenvalue weighted by Crippen LogP contribution is 2.40. The summed E-state index contributed by atoms with van der Waals surface area (Å²) in [5.74, 6) is 0. The van der Waals surface area contributed by atoms with Crippen molar-refractivity contribution in [2.75, 3.05) is 19.7 Å². The van der Waals surface area contributed by atoms with Crippen molar-refractivity contribution in [1.29, 1.82) is 0 Å². The molecule has 3 rings (SSSR count). The molecule has 104 valence electrons. The lowest BCUT2D eigenvalue weighted by Gasteiger charge is -2.26. The van der Waals surface area contributed by atoms with E-state index in [2.05, 4.69) is 11.0 Å². The van der Waals surface area contributed by atoms with E-state index in [1.54, 1.807) is 0 Å². The maximum absolute atomic E-state index is 6.31. The fraction of sp³-hybridized carbons (Fsp3) is 0.571. The molecular weight excluding hydrogens is 283 g/mol. The van der Waals surface area contributed by atoms with Crippen LogP contribution in [0.4, 0.5) is 0 Å². The van der Waals surface area contributed by atoms with Crippen LogP contribution < -0.4 is 5.73 Å². The standard InChI is InChI=1S/C14H18Cl2N2O/c15-12-4-3-10-11(14(12)16)8-18(13(10)6-17)7-9-2-1-5-19-9/h3-4,9,13H,1-2,5-8,17H2. The van der Waals surface area contributed by atoms with E-state index in [-0.39, 0.29) is 6.04 Å². The molecule has 1 aromatic rings. The van der Waals surface area contributed by atoms with Gasteiger partial charge < -0.3 is 10.5 Å². The molecule has 2 aliphatic heterocycles. The lowest BCUT2D eigenvalue weighted by Crippen LogP contribution is -2.34. The summed E-state index contributed by atoms with van der Waals surface area (Å²) in [6.45, 7) is 3.21. The van der Waals surface area contributed by atoms with E-state index in [1.807, 2.05) is 6.07 Å². The third kappa shape index (κ3) is 2.50. The number of hydrogen-bond acceptors (Lipinski definition) is 3. The molecule has 0 saturated carbocycles. The molecule has 2 heterocycles. The Kier molecular flexibility index (Phi) is 4.01. The van der Waals surface area contributed by atoms with Crippen LogP contribution in [0.3, 0.4) is 0 Å². The highest BCUT2D eigenvalue weighted by Gasteiger charge is 2.33. The molecule has 2 unspecified atom stereocenters. The zero-order chi connectivity index (χ0) is 13.4. The van der Waals surface area contributed by atoms with Gasteiger partial charge in [0.1, 0.15) is 0 Å². The number of hydrogen-bond donors (Lipinski definition) is 1. The van der Waals surface area contributed by atoms with E-state index in [9.17, 15) is 0 Å². The van der Waals surface area contributed by atoms with Crippen LogP contribution >= 0.6 is 23.2 Å². The highest BCUT2D eigenvalue weighted by atomic mass is 35.5. The van der Waals surface area contributed by atoms with Crippen molar-refractivity contribution in [2.24, 2.45) is 5.73 Å². The maximum atomic E-state index is 6.31. The molecule has 1 fully saturated rings. The third-order valence-electron chi connectivity index (χ3n) is 4.08. The van der Waals surface area contributed by atoms with E-state index < -0.39 is 0 Å². The first-order chi connectivity index (χ1) is 9.20. The van der Waals surface area contributed by atoms with E-state index in [0.29, 0.717) is 22.7 Å². The first-order valence-electron chi connectivity index (χ1n) is 6.73. The molecule has 1 saturated heterocycles. The summed E-state index contributed by atoms with van der Waals surface area (Å²) in [5.41, 5.74) is 8.29. The summed E-state index contributed by atoms with van der Waals surface area (Å²) in [5, 5.41) is 1.29. The van der Waals surface area contributed by atoms with E-state index in [1.165, 1.54) is 5.56 Å². The van der Waals surface area contributed by atoms with Gasteiger partial charge in [-0.05, 0) is 30.0 Å². The molecule has 0 spiro atoms. The summed E-state index contributed by atoms with van der Waals surface area (Å²) in [4.78, 5) is 2.36. The average molecular weight is 301 g/mol. The summed E-state index contributed by atoms with van der Waals surface area (Å²) >= 11 is 12.4. The third-order valence-corrected chi connectivity index (χ3v) is 4.92. The first kappa shape index (κ1) is 13.7. The van der Waals surface area contributed by atoms with E-state index in [4.69, 9.17) is 33.7 Å². The van der Waals surface area contributed by atoms with Gasteiger partial charge in [-0.15, -0.1) is 0 Å². The van der Waals surface area contributed by atoms with Crippen molar-refractivity contribution in [3.63, 3.8) is 0 Å². The van der Waals surface area contributed by atoms with Gasteiger partial charge in [0.05, 0.1) is 16.1 Å². The highest BCUT2D eigenvalue weighted by molar-refractivity contribution is 6.42. The van der Waals surface area contributed by atoms with Crippen molar-refractivity contribution in [1.82, 2.24) is 4.90 Å². The SMILES string of the molecule is NCC1c2ccc(Cl)c(Cl)c2CN1CC1CCCO1. The number of nitrogens with two attached hydrogens (primary N) is 1. The zero-order valence-corrected chi connectivity index (χ0v) is 12.3. The molecule has 0 aliphatic carbocycles. The molecule has 1 aromatic carbocycles. The van der Waals surface area contributed by atoms with Crippen molar-refractivity contribution >= 4 is 23.2 Å². The molecule has 0 bridgehead atoms. The van der Waals surface area contributed by atoms with Crippen molar-refractivity contribution in [3.8, 4) is 0 Å². The van der Waals surface area contributed by atoms with Gasteiger partial charge in [0, 0.05) is 32.3 Å². The van der Waals surface area contributed by atoms with Gasteiger partial charge in [0.15, 0.2) is 0 Å². The van der Waals surface area contributed by atoms with E-state index >= 15 is 0 Å². The summed E-state index contributed by atoms with van der Waals surface area (Å²) in [6, 6.07) is 4.14. The van der Waals surface area contributed by atoms with Gasteiger partial charge in [-0.25, -0.2) is 0 Å². The molecular formula is C14H18Cl2N2O. The Morgan fingerprint density at radius 3 is 2.89 bits per heavy atom. The van der Waals surface area contributed by atoms with Gasteiger partial charge in [-0.3, -0.25) is 4.90 Å². The van der Waals surface area contributed by atoms with Crippen LogP contribution in [0.2, 0.25) is 10.0 Å². The van der Waals surface area contributed by atoms with Crippen LogP contribution in [-0.4, -0.2) is 30.7 Å². The molecule has 3 nitrogen and oxygen atoms in total. The number of fused-ring (bicyclic) bond motifs is 1. The molecule has 19 heavy (non-hydrogen) atoms. The Morgan fingerprint density at radius 2 is 2.21 bits per heavy atom. The van der Waals surface area contributed by atoms with Crippen molar-refractivity contribution in [2.45, 2.75) is 31.5 Å². The lowest BCUT2D eigenvalue weighted by molar-refractivity contribution is 0.0609. The number of halogens is 2. The second-order valence-electron chi connectivity index (χ2n) is 5.25. The minimum atomic E-state index is 0.231. The van der Waals surface area contributed by atoms with Crippen molar-refractivity contribution < 1.29 is 4.74 Å². The Labute approximate surface area is 123 Å². The predicted molar refractivity (Wildman–Crippen MR) is 77.6 cm³/mol. The molecule has 0 amide bonds. The topological polar surface area (TPSA) is 38.5 Å². The Hall–Kier alpha value is -0.320. The van der Waals surface area contributed by atoms with Crippen molar-refractivity contribution in [3.05, 3.63) is 33.3 Å². The molecule has 0 aromatic heterocycles. The minimum absolute atomic E-state index is 0.231. The molecule has 2 aliphatic rings. The van der Waals surface area contributed by atoms with Crippen LogP contribution in [0.15, 0.2) is 12.1 Å². The lowest BCUT2D eigenvalue weighted by atomic mass is 10.0. The number of nitrogens with zero attached hydrogens (tertiary/aromatic N) is 1. The first-order valence-corrected chi connectivity index (χ1v) is 7.48. The average Bonchev–Trinajstić information content (AvgIpc) is 3.02. The normalized spacial score (nSPS) is 26.9. The summed E-state index contributed by atoms with van der Waals surface area (Å²) in [7, 11) is 0. The van der Waals surface area contributed by atoms with E-state index in [0.717, 1.165) is 38.1 Å². The number of rotatable bonds is 3. The van der Waals surface area contributed by atoms with Gasteiger partial charge in [0.2, 0.25) is 0 Å². The van der Waals surface area contributed by atoms with Gasteiger partial charge >= 0.3 is 0 Å². The fourth-order valence-electron chi connectivity index (χ4n) is 3.11. The largest absolute Gasteiger partial charge is 0.377 e. The van der Waals surface area contributed by atoms with Crippen LogP contribution in [0.25, 0.3) is 0 Å². The van der Waals surface area contributed by atoms with Gasteiger partial charge in [0.25, 0.3) is 0 Å². The fourth-order valence-corrected chi connectivity index (χ4v) is 3.52. The zero-order valence-electron chi connectivity index (χ0n) is 10.7. The molecule has 2 N–H and O–H groups in total. The van der Waals surface area contributed by atoms with Crippen LogP contribution in [-0.2, 0) is 11.3 Å².